The van der Waals surface area contributed by atoms with Gasteiger partial charge in [-0.1, -0.05) is 30.3 Å². The van der Waals surface area contributed by atoms with Crippen molar-refractivity contribution in [2.24, 2.45) is 0 Å². The highest BCUT2D eigenvalue weighted by atomic mass is 16.7. The van der Waals surface area contributed by atoms with E-state index < -0.39 is 36.8 Å². The fourth-order valence-corrected chi connectivity index (χ4v) is 2.54. The average Bonchev–Trinajstić information content (AvgIpc) is 2.65. The van der Waals surface area contributed by atoms with Crippen LogP contribution in [0.4, 0.5) is 4.79 Å². The number of rotatable bonds is 8. The van der Waals surface area contributed by atoms with Gasteiger partial charge in [-0.25, -0.2) is 4.79 Å². The van der Waals surface area contributed by atoms with Crippen LogP contribution in [0.25, 0.3) is 0 Å². The summed E-state index contributed by atoms with van der Waals surface area (Å²) in [5.74, 6) is 0. The van der Waals surface area contributed by atoms with Crippen molar-refractivity contribution in [2.75, 3.05) is 13.2 Å². The number of benzene rings is 1. The number of ether oxygens (including phenoxy) is 3. The van der Waals surface area contributed by atoms with Crippen molar-refractivity contribution < 1.29 is 34.3 Å². The first-order valence-electron chi connectivity index (χ1n) is 8.75. The average molecular weight is 369 g/mol. The number of alkyl carbamates (subject to hydrolysis) is 1. The Balaban J connectivity index is 1.53. The molecule has 0 radical (unpaired) electrons. The molecule has 26 heavy (non-hydrogen) atoms. The van der Waals surface area contributed by atoms with Gasteiger partial charge in [0.05, 0.1) is 6.10 Å². The van der Waals surface area contributed by atoms with Gasteiger partial charge in [-0.15, -0.1) is 0 Å². The van der Waals surface area contributed by atoms with Crippen LogP contribution in [0.1, 0.15) is 25.3 Å². The lowest BCUT2D eigenvalue weighted by Gasteiger charge is -2.38. The quantitative estimate of drug-likeness (QED) is 0.494. The number of unbranched alkanes of at least 4 members (excludes halogenated alkanes) is 1. The molecule has 5 atom stereocenters. The normalized spacial score (nSPS) is 28.5. The number of carbonyl (C=O) groups is 1. The van der Waals surface area contributed by atoms with Crippen LogP contribution in [-0.2, 0) is 20.8 Å². The molecule has 146 valence electrons. The molecule has 1 amide bonds. The summed E-state index contributed by atoms with van der Waals surface area (Å²) in [6.07, 6.45) is -4.55. The summed E-state index contributed by atoms with van der Waals surface area (Å²) in [7, 11) is 0. The first-order valence-corrected chi connectivity index (χ1v) is 8.75. The molecule has 8 heteroatoms. The molecular weight excluding hydrogens is 342 g/mol. The van der Waals surface area contributed by atoms with Gasteiger partial charge >= 0.3 is 6.09 Å². The maximum Gasteiger partial charge on any atom is 0.407 e. The molecule has 1 heterocycles. The molecule has 0 aromatic heterocycles. The van der Waals surface area contributed by atoms with Crippen LogP contribution in [0, 0.1) is 0 Å². The second-order valence-electron chi connectivity index (χ2n) is 6.25. The molecule has 1 aliphatic heterocycles. The highest BCUT2D eigenvalue weighted by Crippen LogP contribution is 2.21. The zero-order chi connectivity index (χ0) is 18.9. The molecule has 1 saturated heterocycles. The molecule has 8 nitrogen and oxygen atoms in total. The Bertz CT molecular complexity index is 542. The van der Waals surface area contributed by atoms with Crippen LogP contribution >= 0.6 is 0 Å². The number of hydrogen-bond acceptors (Lipinski definition) is 7. The van der Waals surface area contributed by atoms with Crippen molar-refractivity contribution in [2.45, 2.75) is 57.1 Å². The standard InChI is InChI=1S/C18H27NO7/c1-12-14(20)15(21)16(22)17(26-12)24-10-6-5-9-19-18(23)25-11-13-7-3-2-4-8-13/h2-4,7-8,12,14-17,20-22H,5-6,9-11H2,1H3,(H,19,23)/t12-,14+,15+,16-,17-/m0/s1. The summed E-state index contributed by atoms with van der Waals surface area (Å²) in [5, 5.41) is 31.8. The molecule has 1 aromatic carbocycles. The van der Waals surface area contributed by atoms with E-state index in [9.17, 15) is 20.1 Å². The number of nitrogens with one attached hydrogen (secondary N) is 1. The highest BCUT2D eigenvalue weighted by Gasteiger charge is 2.42. The number of carbonyl (C=O) groups excluding carboxylic acids is 1. The van der Waals surface area contributed by atoms with E-state index in [1.807, 2.05) is 30.3 Å². The van der Waals surface area contributed by atoms with Gasteiger partial charge in [0.1, 0.15) is 24.9 Å². The Morgan fingerprint density at radius 1 is 1.12 bits per heavy atom. The van der Waals surface area contributed by atoms with Gasteiger partial charge in [0.2, 0.25) is 0 Å². The molecule has 0 saturated carbocycles. The fraction of sp³-hybridized carbons (Fsp3) is 0.611. The third kappa shape index (κ3) is 6.22. The third-order valence-corrected chi connectivity index (χ3v) is 4.14. The largest absolute Gasteiger partial charge is 0.445 e. The maximum atomic E-state index is 11.6. The molecule has 0 unspecified atom stereocenters. The summed E-state index contributed by atoms with van der Waals surface area (Å²) in [4.78, 5) is 11.6. The zero-order valence-electron chi connectivity index (χ0n) is 14.8. The Labute approximate surface area is 152 Å². The summed E-state index contributed by atoms with van der Waals surface area (Å²) in [6.45, 7) is 2.54. The minimum atomic E-state index is -1.30. The molecule has 4 N–H and O–H groups in total. The van der Waals surface area contributed by atoms with E-state index in [2.05, 4.69) is 5.32 Å². The van der Waals surface area contributed by atoms with Crippen LogP contribution in [0.3, 0.4) is 0 Å². The van der Waals surface area contributed by atoms with Gasteiger partial charge in [-0.2, -0.15) is 0 Å². The van der Waals surface area contributed by atoms with E-state index in [4.69, 9.17) is 14.2 Å². The van der Waals surface area contributed by atoms with Crippen molar-refractivity contribution in [1.29, 1.82) is 0 Å². The molecule has 2 rings (SSSR count). The minimum absolute atomic E-state index is 0.221. The molecular formula is C18H27NO7. The van der Waals surface area contributed by atoms with Crippen LogP contribution in [0.2, 0.25) is 0 Å². The number of hydrogen-bond donors (Lipinski definition) is 4. The topological polar surface area (TPSA) is 117 Å². The summed E-state index contributed by atoms with van der Waals surface area (Å²) in [6, 6.07) is 9.41. The van der Waals surface area contributed by atoms with Gasteiger partial charge in [0.25, 0.3) is 0 Å². The van der Waals surface area contributed by atoms with E-state index in [0.29, 0.717) is 19.4 Å². The first-order chi connectivity index (χ1) is 12.5. The SMILES string of the molecule is C[C@@H]1O[C@H](OCCCCNC(=O)OCc2ccccc2)[C@@H](O)[C@H](O)[C@@H]1O. The Morgan fingerprint density at radius 2 is 1.85 bits per heavy atom. The van der Waals surface area contributed by atoms with Crippen LogP contribution in [-0.4, -0.2) is 65.3 Å². The van der Waals surface area contributed by atoms with Crippen LogP contribution in [0.5, 0.6) is 0 Å². The number of aliphatic hydroxyl groups is 3. The van der Waals surface area contributed by atoms with E-state index in [1.54, 1.807) is 6.92 Å². The third-order valence-electron chi connectivity index (χ3n) is 4.14. The van der Waals surface area contributed by atoms with Crippen molar-refractivity contribution >= 4 is 6.09 Å². The molecule has 0 bridgehead atoms. The van der Waals surface area contributed by atoms with Crippen molar-refractivity contribution in [1.82, 2.24) is 5.32 Å². The summed E-state index contributed by atoms with van der Waals surface area (Å²) in [5.41, 5.74) is 0.920. The lowest BCUT2D eigenvalue weighted by molar-refractivity contribution is -0.293. The van der Waals surface area contributed by atoms with Crippen molar-refractivity contribution in [3.05, 3.63) is 35.9 Å². The fourth-order valence-electron chi connectivity index (χ4n) is 2.54. The van der Waals surface area contributed by atoms with E-state index in [-0.39, 0.29) is 13.2 Å². The molecule has 0 aliphatic carbocycles. The monoisotopic (exact) mass is 369 g/mol. The zero-order valence-corrected chi connectivity index (χ0v) is 14.8. The summed E-state index contributed by atoms with van der Waals surface area (Å²) < 4.78 is 15.8. The van der Waals surface area contributed by atoms with E-state index in [1.165, 1.54) is 0 Å². The first kappa shape index (κ1) is 20.6. The number of amides is 1. The molecule has 1 aromatic rings. The van der Waals surface area contributed by atoms with Gasteiger partial charge in [-0.3, -0.25) is 0 Å². The Morgan fingerprint density at radius 3 is 2.58 bits per heavy atom. The molecule has 1 aliphatic rings. The lowest BCUT2D eigenvalue weighted by atomic mass is 10.0. The van der Waals surface area contributed by atoms with Gasteiger partial charge in [0, 0.05) is 13.2 Å². The molecule has 0 spiro atoms. The predicted octanol–water partition coefficient (Wildman–Crippen LogP) is 0.537. The van der Waals surface area contributed by atoms with E-state index in [0.717, 1.165) is 5.56 Å². The van der Waals surface area contributed by atoms with Gasteiger partial charge < -0.3 is 34.8 Å². The Hall–Kier alpha value is -1.71. The van der Waals surface area contributed by atoms with Crippen LogP contribution in [0.15, 0.2) is 30.3 Å². The predicted molar refractivity (Wildman–Crippen MR) is 92.2 cm³/mol. The second kappa shape index (κ2) is 10.4. The Kier molecular flexibility index (Phi) is 8.27. The minimum Gasteiger partial charge on any atom is -0.445 e. The van der Waals surface area contributed by atoms with Crippen molar-refractivity contribution in [3.63, 3.8) is 0 Å². The second-order valence-corrected chi connectivity index (χ2v) is 6.25. The van der Waals surface area contributed by atoms with Gasteiger partial charge in [0.15, 0.2) is 6.29 Å². The van der Waals surface area contributed by atoms with Crippen molar-refractivity contribution in [3.8, 4) is 0 Å². The highest BCUT2D eigenvalue weighted by molar-refractivity contribution is 5.67. The van der Waals surface area contributed by atoms with Crippen LogP contribution < -0.4 is 5.32 Å². The van der Waals surface area contributed by atoms with E-state index >= 15 is 0 Å². The van der Waals surface area contributed by atoms with Gasteiger partial charge in [-0.05, 0) is 25.3 Å². The molecule has 1 fully saturated rings. The summed E-state index contributed by atoms with van der Waals surface area (Å²) >= 11 is 0. The lowest BCUT2D eigenvalue weighted by Crippen LogP contribution is -2.57. The number of aliphatic hydroxyl groups excluding tert-OH is 3. The smallest absolute Gasteiger partial charge is 0.407 e. The maximum absolute atomic E-state index is 11.6.